The van der Waals surface area contributed by atoms with Crippen LogP contribution in [-0.4, -0.2) is 35.5 Å². The molecule has 44 heavy (non-hydrogen) atoms. The van der Waals surface area contributed by atoms with Gasteiger partial charge in [0.15, 0.2) is 4.32 Å². The van der Waals surface area contributed by atoms with E-state index in [0.717, 1.165) is 23.7 Å². The van der Waals surface area contributed by atoms with E-state index in [1.807, 2.05) is 55.5 Å². The number of pyridine rings is 1. The summed E-state index contributed by atoms with van der Waals surface area (Å²) in [5, 5.41) is 0. The van der Waals surface area contributed by atoms with Crippen molar-refractivity contribution < 1.29 is 4.79 Å². The lowest BCUT2D eigenvalue weighted by Crippen LogP contribution is -2.34. The lowest BCUT2D eigenvalue weighted by Gasteiger charge is -2.31. The minimum atomic E-state index is -0.449. The van der Waals surface area contributed by atoms with Crippen LogP contribution in [0.4, 0.5) is 11.5 Å². The number of rotatable bonds is 4. The Labute approximate surface area is 262 Å². The van der Waals surface area contributed by atoms with Crippen LogP contribution in [0.3, 0.4) is 0 Å². The maximum absolute atomic E-state index is 14.1. The Balaban J connectivity index is 1.35. The Bertz CT molecular complexity index is 2160. The molecule has 0 unspecified atom stereocenters. The minimum absolute atomic E-state index is 0.194. The zero-order chi connectivity index (χ0) is 30.7. The summed E-state index contributed by atoms with van der Waals surface area (Å²) in [5.41, 5.74) is 5.02. The van der Waals surface area contributed by atoms with Crippen LogP contribution in [0.2, 0.25) is 0 Å². The van der Waals surface area contributed by atoms with Crippen molar-refractivity contribution in [1.82, 2.24) is 18.7 Å². The molecule has 2 aliphatic rings. The maximum Gasteiger partial charge on any atom is 0.296 e. The number of hydrogen-bond donors (Lipinski definition) is 0. The van der Waals surface area contributed by atoms with E-state index in [4.69, 9.17) is 17.2 Å². The molecule has 2 aromatic carbocycles. The Kier molecular flexibility index (Phi) is 6.86. The molecular weight excluding hydrogens is 593 g/mol. The van der Waals surface area contributed by atoms with Gasteiger partial charge in [-0.25, -0.2) is 9.67 Å². The second kappa shape index (κ2) is 10.8. The third-order valence-electron chi connectivity index (χ3n) is 8.31. The average molecular weight is 621 g/mol. The number of hydrogen-bond acceptors (Lipinski definition) is 7. The predicted octanol–water partition coefficient (Wildman–Crippen LogP) is 4.77. The van der Waals surface area contributed by atoms with Crippen LogP contribution in [0, 0.1) is 13.8 Å². The number of amides is 1. The lowest BCUT2D eigenvalue weighted by atomic mass is 9.99. The average Bonchev–Trinajstić information content (AvgIpc) is 3.42. The zero-order valence-corrected chi connectivity index (χ0v) is 26.0. The molecule has 0 saturated carbocycles. The summed E-state index contributed by atoms with van der Waals surface area (Å²) in [7, 11) is 1.77. The molecule has 220 valence electrons. The molecule has 5 heterocycles. The number of carbonyl (C=O) groups excluding carboxylic acids is 1. The fourth-order valence-corrected chi connectivity index (χ4v) is 7.20. The Morgan fingerprint density at radius 1 is 0.909 bits per heavy atom. The lowest BCUT2D eigenvalue weighted by molar-refractivity contribution is -0.113. The van der Waals surface area contributed by atoms with Crippen LogP contribution in [0.5, 0.6) is 0 Å². The van der Waals surface area contributed by atoms with Crippen LogP contribution >= 0.6 is 24.0 Å². The second-order valence-corrected chi connectivity index (χ2v) is 12.6. The highest BCUT2D eigenvalue weighted by molar-refractivity contribution is 8.27. The first-order valence-corrected chi connectivity index (χ1v) is 15.4. The van der Waals surface area contributed by atoms with E-state index in [1.165, 1.54) is 25.1 Å². The Morgan fingerprint density at radius 3 is 2.41 bits per heavy atom. The topological polar surface area (TPSA) is 84.8 Å². The third-order valence-corrected chi connectivity index (χ3v) is 9.61. The maximum atomic E-state index is 14.1. The van der Waals surface area contributed by atoms with E-state index in [1.54, 1.807) is 37.0 Å². The largest absolute Gasteiger partial charge is 0.351 e. The van der Waals surface area contributed by atoms with Crippen LogP contribution in [-0.2, 0) is 24.8 Å². The van der Waals surface area contributed by atoms with Crippen LogP contribution in [0.15, 0.2) is 87.4 Å². The van der Waals surface area contributed by atoms with Gasteiger partial charge >= 0.3 is 0 Å². The van der Waals surface area contributed by atoms with E-state index >= 15 is 0 Å². The van der Waals surface area contributed by atoms with Gasteiger partial charge in [-0.2, -0.15) is 0 Å². The van der Waals surface area contributed by atoms with Gasteiger partial charge in [-0.15, -0.1) is 0 Å². The fourth-order valence-electron chi connectivity index (χ4n) is 5.95. The molecule has 0 bridgehead atoms. The molecule has 0 spiro atoms. The number of aromatic nitrogens is 4. The second-order valence-electron chi connectivity index (χ2n) is 10.9. The van der Waals surface area contributed by atoms with Crippen LogP contribution < -0.4 is 20.9 Å². The summed E-state index contributed by atoms with van der Waals surface area (Å²) >= 11 is 6.75. The molecule has 0 N–H and O–H groups in total. The number of aryl methyl sites for hydroxylation is 1. The summed E-state index contributed by atoms with van der Waals surface area (Å²) in [5.74, 6) is 0.0705. The molecule has 9 nitrogen and oxygen atoms in total. The van der Waals surface area contributed by atoms with Gasteiger partial charge in [-0.05, 0) is 61.2 Å². The number of para-hydroxylation sites is 1. The SMILES string of the molecule is Cc1cccn2c(=O)c(/C=C3/SC(=S)N(c4c(C)n(C)n(-c5ccccc5)c4=O)C3=O)c(N3CCc4ccccc4C3)nc12. The number of thiocarbonyl (C=S) groups is 1. The predicted molar refractivity (Wildman–Crippen MR) is 179 cm³/mol. The van der Waals surface area contributed by atoms with Crippen LogP contribution in [0.25, 0.3) is 17.4 Å². The van der Waals surface area contributed by atoms with Gasteiger partial charge in [0, 0.05) is 26.3 Å². The summed E-state index contributed by atoms with van der Waals surface area (Å²) < 4.78 is 4.97. The molecule has 2 aliphatic heterocycles. The molecule has 11 heteroatoms. The minimum Gasteiger partial charge on any atom is -0.351 e. The van der Waals surface area contributed by atoms with Gasteiger partial charge in [0.05, 0.1) is 21.8 Å². The first-order valence-electron chi connectivity index (χ1n) is 14.2. The van der Waals surface area contributed by atoms with Gasteiger partial charge in [0.2, 0.25) is 0 Å². The normalized spacial score (nSPS) is 15.9. The monoisotopic (exact) mass is 620 g/mol. The van der Waals surface area contributed by atoms with Gasteiger partial charge < -0.3 is 4.90 Å². The molecule has 3 aromatic heterocycles. The smallest absolute Gasteiger partial charge is 0.296 e. The van der Waals surface area contributed by atoms with Crippen molar-refractivity contribution in [3.63, 3.8) is 0 Å². The van der Waals surface area contributed by atoms with Crippen molar-refractivity contribution in [1.29, 1.82) is 0 Å². The molecule has 7 rings (SSSR count). The summed E-state index contributed by atoms with van der Waals surface area (Å²) in [6, 6.07) is 21.2. The molecular formula is C33H28N6O3S2. The number of anilines is 2. The number of benzene rings is 2. The first-order chi connectivity index (χ1) is 21.2. The van der Waals surface area contributed by atoms with E-state index in [2.05, 4.69) is 17.0 Å². The van der Waals surface area contributed by atoms with Crippen molar-refractivity contribution in [3.05, 3.63) is 126 Å². The molecule has 5 aromatic rings. The molecule has 1 amide bonds. The number of nitrogens with zero attached hydrogens (tertiary/aromatic N) is 6. The Morgan fingerprint density at radius 2 is 1.64 bits per heavy atom. The molecule has 0 atom stereocenters. The van der Waals surface area contributed by atoms with E-state index in [9.17, 15) is 14.4 Å². The highest BCUT2D eigenvalue weighted by Crippen LogP contribution is 2.37. The summed E-state index contributed by atoms with van der Waals surface area (Å²) in [6.07, 6.45) is 4.09. The highest BCUT2D eigenvalue weighted by atomic mass is 32.2. The van der Waals surface area contributed by atoms with Crippen molar-refractivity contribution in [2.24, 2.45) is 7.05 Å². The van der Waals surface area contributed by atoms with Crippen molar-refractivity contribution in [2.75, 3.05) is 16.3 Å². The quantitative estimate of drug-likeness (QED) is 0.212. The third kappa shape index (κ3) is 4.42. The number of carbonyl (C=O) groups is 1. The number of thioether (sulfide) groups is 1. The van der Waals surface area contributed by atoms with Gasteiger partial charge in [0.1, 0.15) is 17.2 Å². The van der Waals surface area contributed by atoms with Gasteiger partial charge in [-0.1, -0.05) is 72.5 Å². The molecule has 1 fully saturated rings. The van der Waals surface area contributed by atoms with E-state index in [-0.39, 0.29) is 26.0 Å². The van der Waals surface area contributed by atoms with Crippen molar-refractivity contribution in [2.45, 2.75) is 26.8 Å². The van der Waals surface area contributed by atoms with Crippen molar-refractivity contribution in [3.8, 4) is 5.69 Å². The fraction of sp³-hybridized carbons (Fsp3) is 0.182. The van der Waals surface area contributed by atoms with E-state index in [0.29, 0.717) is 41.5 Å². The van der Waals surface area contributed by atoms with Gasteiger partial charge in [-0.3, -0.25) is 28.4 Å². The first kappa shape index (κ1) is 28.1. The zero-order valence-electron chi connectivity index (χ0n) is 24.4. The molecule has 1 saturated heterocycles. The molecule has 0 aliphatic carbocycles. The van der Waals surface area contributed by atoms with Crippen LogP contribution in [0.1, 0.15) is 27.9 Å². The summed E-state index contributed by atoms with van der Waals surface area (Å²) in [4.78, 5) is 50.4. The van der Waals surface area contributed by atoms with Gasteiger partial charge in [0.25, 0.3) is 17.0 Å². The van der Waals surface area contributed by atoms with E-state index < -0.39 is 5.91 Å². The molecule has 0 radical (unpaired) electrons. The highest BCUT2D eigenvalue weighted by Gasteiger charge is 2.38. The van der Waals surface area contributed by atoms with Crippen molar-refractivity contribution >= 4 is 57.4 Å². The number of fused-ring (bicyclic) bond motifs is 2. The Hall–Kier alpha value is -4.74. The standard InChI is InChI=1S/C33H28N6O3S2/c1-20-10-9-16-37-28(20)34-29(36-17-15-22-11-7-8-12-23(22)19-36)25(30(37)40)18-26-31(41)38(33(43)44-26)27-21(2)35(3)39(32(27)42)24-13-5-4-6-14-24/h4-14,16,18H,15,17,19H2,1-3H3/b26-18+. The summed E-state index contributed by atoms with van der Waals surface area (Å²) in [6.45, 7) is 4.98.